The van der Waals surface area contributed by atoms with Crippen LogP contribution in [0.5, 0.6) is 0 Å². The first-order valence-corrected chi connectivity index (χ1v) is 13.3. The van der Waals surface area contributed by atoms with Gasteiger partial charge in [0.25, 0.3) is 0 Å². The Hall–Kier alpha value is -4.63. The lowest BCUT2D eigenvalue weighted by Gasteiger charge is -2.32. The minimum absolute atomic E-state index is 0.553. The Balaban J connectivity index is 1.29. The molecular formula is C30H27N9. The SMILES string of the molecule is Cc1ccc(-c2c(-c3ccncc3)nn3c(-c4ccc(N5CC6CC5CN6C)nc4)ccnc23)c2cn[nH]c12. The number of aromatic amines is 1. The number of rotatable bonds is 4. The predicted octanol–water partition coefficient (Wildman–Crippen LogP) is 4.60. The third-order valence-corrected chi connectivity index (χ3v) is 8.42. The Morgan fingerprint density at radius 3 is 2.54 bits per heavy atom. The Morgan fingerprint density at radius 2 is 1.77 bits per heavy atom. The van der Waals surface area contributed by atoms with E-state index in [2.05, 4.69) is 63.2 Å². The van der Waals surface area contributed by atoms with Crippen LogP contribution in [-0.2, 0) is 0 Å². The summed E-state index contributed by atoms with van der Waals surface area (Å²) in [6, 6.07) is 15.7. The number of H-pyrrole nitrogens is 1. The Kier molecular flexibility index (Phi) is 4.84. The molecule has 5 aromatic heterocycles. The summed E-state index contributed by atoms with van der Waals surface area (Å²) in [4.78, 5) is 18.9. The molecule has 2 unspecified atom stereocenters. The van der Waals surface area contributed by atoms with Gasteiger partial charge in [-0.25, -0.2) is 14.5 Å². The first kappa shape index (κ1) is 22.4. The van der Waals surface area contributed by atoms with Gasteiger partial charge in [0.2, 0.25) is 0 Å². The molecule has 9 nitrogen and oxygen atoms in total. The van der Waals surface area contributed by atoms with Gasteiger partial charge in [-0.2, -0.15) is 10.2 Å². The van der Waals surface area contributed by atoms with E-state index in [1.165, 1.54) is 6.42 Å². The highest BCUT2D eigenvalue weighted by molar-refractivity contribution is 6.03. The molecule has 6 aromatic rings. The van der Waals surface area contributed by atoms with E-state index < -0.39 is 0 Å². The molecule has 2 atom stereocenters. The van der Waals surface area contributed by atoms with Crippen LogP contribution in [0.2, 0.25) is 0 Å². The molecule has 2 fully saturated rings. The second-order valence-corrected chi connectivity index (χ2v) is 10.7. The summed E-state index contributed by atoms with van der Waals surface area (Å²) >= 11 is 0. The van der Waals surface area contributed by atoms with Crippen molar-refractivity contribution >= 4 is 22.4 Å². The van der Waals surface area contributed by atoms with Gasteiger partial charge in [-0.15, -0.1) is 0 Å². The maximum absolute atomic E-state index is 5.14. The summed E-state index contributed by atoms with van der Waals surface area (Å²) in [5.74, 6) is 1.05. The number of likely N-dealkylation sites (N-methyl/N-ethyl adjacent to an activating group) is 1. The lowest BCUT2D eigenvalue weighted by molar-refractivity contribution is 0.292. The number of aryl methyl sites for hydroxylation is 1. The zero-order valence-corrected chi connectivity index (χ0v) is 21.8. The van der Waals surface area contributed by atoms with Crippen molar-refractivity contribution in [3.63, 3.8) is 0 Å². The van der Waals surface area contributed by atoms with Crippen LogP contribution >= 0.6 is 0 Å². The van der Waals surface area contributed by atoms with Gasteiger partial charge in [-0.05, 0) is 61.9 Å². The van der Waals surface area contributed by atoms with Crippen LogP contribution in [0, 0.1) is 6.92 Å². The molecule has 9 heteroatoms. The smallest absolute Gasteiger partial charge is 0.164 e. The fourth-order valence-electron chi connectivity index (χ4n) is 6.37. The van der Waals surface area contributed by atoms with Crippen molar-refractivity contribution in [2.75, 3.05) is 25.0 Å². The van der Waals surface area contributed by atoms with E-state index in [0.717, 1.165) is 74.7 Å². The summed E-state index contributed by atoms with van der Waals surface area (Å²) in [7, 11) is 2.22. The van der Waals surface area contributed by atoms with Crippen molar-refractivity contribution in [3.05, 3.63) is 79.0 Å². The van der Waals surface area contributed by atoms with Crippen molar-refractivity contribution in [2.24, 2.45) is 0 Å². The number of piperazine rings is 1. The number of benzene rings is 1. The van der Waals surface area contributed by atoms with Crippen LogP contribution in [0.3, 0.4) is 0 Å². The van der Waals surface area contributed by atoms with Gasteiger partial charge in [-0.1, -0.05) is 12.1 Å². The molecule has 7 heterocycles. The Labute approximate surface area is 225 Å². The number of anilines is 1. The van der Waals surface area contributed by atoms with E-state index in [9.17, 15) is 0 Å². The normalized spacial score (nSPS) is 19.1. The van der Waals surface area contributed by atoms with Crippen LogP contribution in [-0.4, -0.2) is 71.9 Å². The molecule has 1 aromatic carbocycles. The molecule has 2 aliphatic rings. The van der Waals surface area contributed by atoms with Gasteiger partial charge in [0.05, 0.1) is 23.0 Å². The summed E-state index contributed by atoms with van der Waals surface area (Å²) < 4.78 is 1.94. The first-order valence-electron chi connectivity index (χ1n) is 13.3. The maximum atomic E-state index is 5.14. The maximum Gasteiger partial charge on any atom is 0.164 e. The summed E-state index contributed by atoms with van der Waals surface area (Å²) in [6.45, 7) is 4.24. The van der Waals surface area contributed by atoms with Crippen LogP contribution in [0.25, 0.3) is 50.2 Å². The number of aromatic nitrogens is 7. The third kappa shape index (κ3) is 3.39. The monoisotopic (exact) mass is 513 g/mol. The van der Waals surface area contributed by atoms with Gasteiger partial charge in [0.1, 0.15) is 11.5 Å². The summed E-state index contributed by atoms with van der Waals surface area (Å²) in [6.07, 6.45) is 10.5. The second kappa shape index (κ2) is 8.44. The fourth-order valence-corrected chi connectivity index (χ4v) is 6.37. The van der Waals surface area contributed by atoms with Gasteiger partial charge >= 0.3 is 0 Å². The van der Waals surface area contributed by atoms with Crippen molar-refractivity contribution < 1.29 is 0 Å². The molecule has 1 N–H and O–H groups in total. The van der Waals surface area contributed by atoms with Gasteiger partial charge < -0.3 is 4.90 Å². The van der Waals surface area contributed by atoms with Crippen molar-refractivity contribution in [2.45, 2.75) is 25.4 Å². The molecule has 8 rings (SSSR count). The van der Waals surface area contributed by atoms with E-state index in [0.29, 0.717) is 12.1 Å². The molecule has 2 aliphatic heterocycles. The van der Waals surface area contributed by atoms with Crippen LogP contribution in [0.1, 0.15) is 12.0 Å². The van der Waals surface area contributed by atoms with Crippen molar-refractivity contribution in [3.8, 4) is 33.6 Å². The van der Waals surface area contributed by atoms with Gasteiger partial charge in [0.15, 0.2) is 5.65 Å². The number of fused-ring (bicyclic) bond motifs is 4. The quantitative estimate of drug-likeness (QED) is 0.368. The van der Waals surface area contributed by atoms with Gasteiger partial charge in [-0.3, -0.25) is 15.0 Å². The largest absolute Gasteiger partial charge is 0.351 e. The molecule has 0 saturated carbocycles. The molecule has 0 aliphatic carbocycles. The van der Waals surface area contributed by atoms with E-state index in [1.54, 1.807) is 12.4 Å². The minimum atomic E-state index is 0.553. The lowest BCUT2D eigenvalue weighted by Crippen LogP contribution is -2.44. The topological polar surface area (TPSA) is 91.1 Å². The number of pyridine rings is 2. The third-order valence-electron chi connectivity index (χ3n) is 8.42. The molecule has 0 radical (unpaired) electrons. The minimum Gasteiger partial charge on any atom is -0.351 e. The van der Waals surface area contributed by atoms with E-state index in [1.807, 2.05) is 41.3 Å². The highest BCUT2D eigenvalue weighted by Gasteiger charge is 2.41. The number of hydrogen-bond acceptors (Lipinski definition) is 7. The predicted molar refractivity (Wildman–Crippen MR) is 151 cm³/mol. The van der Waals surface area contributed by atoms with Crippen LogP contribution in [0.4, 0.5) is 5.82 Å². The molecule has 0 amide bonds. The average molecular weight is 514 g/mol. The molecule has 2 bridgehead atoms. The standard InChI is InChI=1S/C30H27N9/c1-18-3-5-23(24-15-34-35-28(18)24)27-29(19-7-10-31-11-8-19)36-39-25(9-12-32-30(27)39)20-4-6-26(33-14-20)38-17-21-13-22(38)16-37(21)2/h3-12,14-15,21-22H,13,16-17H2,1-2H3,(H,34,35). The van der Waals surface area contributed by atoms with Crippen LogP contribution in [0.15, 0.2) is 73.4 Å². The second-order valence-electron chi connectivity index (χ2n) is 10.7. The number of nitrogens with zero attached hydrogens (tertiary/aromatic N) is 8. The zero-order valence-electron chi connectivity index (χ0n) is 21.8. The number of nitrogens with one attached hydrogen (secondary N) is 1. The first-order chi connectivity index (χ1) is 19.2. The van der Waals surface area contributed by atoms with E-state index in [-0.39, 0.29) is 0 Å². The molecule has 192 valence electrons. The van der Waals surface area contributed by atoms with Gasteiger partial charge in [0, 0.05) is 66.5 Å². The fraction of sp³-hybridized carbons (Fsp3) is 0.233. The number of likely N-dealkylation sites (tertiary alicyclic amines) is 1. The molecule has 39 heavy (non-hydrogen) atoms. The Morgan fingerprint density at radius 1 is 0.872 bits per heavy atom. The highest BCUT2D eigenvalue weighted by atomic mass is 15.4. The molecular weight excluding hydrogens is 486 g/mol. The van der Waals surface area contributed by atoms with E-state index >= 15 is 0 Å². The number of hydrogen-bond donors (Lipinski definition) is 1. The molecule has 0 spiro atoms. The van der Waals surface area contributed by atoms with Crippen LogP contribution < -0.4 is 4.90 Å². The summed E-state index contributed by atoms with van der Waals surface area (Å²) in [5.41, 5.74) is 8.74. The van der Waals surface area contributed by atoms with Crippen molar-refractivity contribution in [1.29, 1.82) is 0 Å². The lowest BCUT2D eigenvalue weighted by atomic mass is 9.97. The zero-order chi connectivity index (χ0) is 26.1. The average Bonchev–Trinajstić information content (AvgIpc) is 3.77. The van der Waals surface area contributed by atoms with Crippen molar-refractivity contribution in [1.82, 2.24) is 39.7 Å². The molecule has 2 saturated heterocycles. The summed E-state index contributed by atoms with van der Waals surface area (Å²) in [5, 5.41) is 13.7. The highest BCUT2D eigenvalue weighted by Crippen LogP contribution is 2.40. The Bertz CT molecular complexity index is 1840. The van der Waals surface area contributed by atoms with E-state index in [4.69, 9.17) is 15.1 Å².